The van der Waals surface area contributed by atoms with Crippen molar-refractivity contribution < 1.29 is 14.3 Å². The number of aromatic nitrogens is 2. The maximum atomic E-state index is 12.4. The SMILES string of the molecule is CCOc1ccc(NC(=O)c2ccc(N3CC(C)OC(C)C3)nc2)cn1. The van der Waals surface area contributed by atoms with Crippen LogP contribution in [0.4, 0.5) is 11.5 Å². The van der Waals surface area contributed by atoms with Gasteiger partial charge in [-0.2, -0.15) is 0 Å². The molecule has 0 saturated carbocycles. The second-order valence-electron chi connectivity index (χ2n) is 6.34. The van der Waals surface area contributed by atoms with Gasteiger partial charge in [-0.05, 0) is 39.0 Å². The van der Waals surface area contributed by atoms with Crippen LogP contribution in [0.25, 0.3) is 0 Å². The number of rotatable bonds is 5. The Morgan fingerprint density at radius 1 is 1.19 bits per heavy atom. The van der Waals surface area contributed by atoms with Crippen molar-refractivity contribution in [1.82, 2.24) is 9.97 Å². The molecule has 0 radical (unpaired) electrons. The number of carbonyl (C=O) groups excluding carboxylic acids is 1. The smallest absolute Gasteiger partial charge is 0.257 e. The van der Waals surface area contributed by atoms with E-state index in [-0.39, 0.29) is 18.1 Å². The molecule has 1 N–H and O–H groups in total. The number of anilines is 2. The number of amides is 1. The van der Waals surface area contributed by atoms with Gasteiger partial charge in [-0.1, -0.05) is 0 Å². The summed E-state index contributed by atoms with van der Waals surface area (Å²) in [5.74, 6) is 1.16. The Hall–Kier alpha value is -2.67. The molecule has 0 aromatic carbocycles. The summed E-state index contributed by atoms with van der Waals surface area (Å²) < 4.78 is 11.0. The molecular weight excluding hydrogens is 332 g/mol. The van der Waals surface area contributed by atoms with Crippen LogP contribution in [-0.2, 0) is 4.74 Å². The number of pyridine rings is 2. The van der Waals surface area contributed by atoms with E-state index >= 15 is 0 Å². The zero-order valence-electron chi connectivity index (χ0n) is 15.3. The van der Waals surface area contributed by atoms with Crippen LogP contribution in [-0.4, -0.2) is 47.8 Å². The molecule has 2 atom stereocenters. The van der Waals surface area contributed by atoms with E-state index in [1.165, 1.54) is 0 Å². The van der Waals surface area contributed by atoms with E-state index in [4.69, 9.17) is 9.47 Å². The Kier molecular flexibility index (Phi) is 5.68. The van der Waals surface area contributed by atoms with E-state index in [1.807, 2.05) is 13.0 Å². The quantitative estimate of drug-likeness (QED) is 0.888. The predicted octanol–water partition coefficient (Wildman–Crippen LogP) is 2.74. The fraction of sp³-hybridized carbons (Fsp3) is 0.421. The molecular formula is C19H24N4O3. The molecule has 2 unspecified atom stereocenters. The van der Waals surface area contributed by atoms with Crippen molar-refractivity contribution >= 4 is 17.4 Å². The van der Waals surface area contributed by atoms with Gasteiger partial charge in [0.15, 0.2) is 0 Å². The molecule has 3 rings (SSSR count). The summed E-state index contributed by atoms with van der Waals surface area (Å²) in [5, 5.41) is 2.81. The van der Waals surface area contributed by atoms with Crippen molar-refractivity contribution in [2.24, 2.45) is 0 Å². The number of hydrogen-bond acceptors (Lipinski definition) is 6. The molecule has 1 aliphatic heterocycles. The fourth-order valence-corrected chi connectivity index (χ4v) is 2.96. The van der Waals surface area contributed by atoms with E-state index in [9.17, 15) is 4.79 Å². The summed E-state index contributed by atoms with van der Waals surface area (Å²) in [6.45, 7) is 8.13. The molecule has 138 valence electrons. The molecule has 1 aliphatic rings. The molecule has 7 nitrogen and oxygen atoms in total. The minimum Gasteiger partial charge on any atom is -0.478 e. The van der Waals surface area contributed by atoms with Gasteiger partial charge in [-0.3, -0.25) is 4.79 Å². The number of ether oxygens (including phenoxy) is 2. The molecule has 2 aromatic heterocycles. The molecule has 0 aliphatic carbocycles. The van der Waals surface area contributed by atoms with E-state index in [0.29, 0.717) is 23.7 Å². The van der Waals surface area contributed by atoms with Crippen molar-refractivity contribution in [2.45, 2.75) is 33.0 Å². The molecule has 0 bridgehead atoms. The van der Waals surface area contributed by atoms with Gasteiger partial charge in [0.1, 0.15) is 5.82 Å². The summed E-state index contributed by atoms with van der Waals surface area (Å²) in [4.78, 5) is 23.1. The fourth-order valence-electron chi connectivity index (χ4n) is 2.96. The second kappa shape index (κ2) is 8.14. The van der Waals surface area contributed by atoms with Crippen LogP contribution in [0.15, 0.2) is 36.7 Å². The summed E-state index contributed by atoms with van der Waals surface area (Å²) in [7, 11) is 0. The number of morpholine rings is 1. The molecule has 1 amide bonds. The van der Waals surface area contributed by atoms with E-state index in [2.05, 4.69) is 34.0 Å². The lowest BCUT2D eigenvalue weighted by atomic mass is 10.2. The normalized spacial score (nSPS) is 19.9. The summed E-state index contributed by atoms with van der Waals surface area (Å²) >= 11 is 0. The lowest BCUT2D eigenvalue weighted by Crippen LogP contribution is -2.45. The molecule has 0 spiro atoms. The third kappa shape index (κ3) is 4.49. The third-order valence-electron chi connectivity index (χ3n) is 4.04. The average molecular weight is 356 g/mol. The van der Waals surface area contributed by atoms with Crippen LogP contribution in [0, 0.1) is 0 Å². The molecule has 1 fully saturated rings. The number of nitrogens with one attached hydrogen (secondary N) is 1. The second-order valence-corrected chi connectivity index (χ2v) is 6.34. The van der Waals surface area contributed by atoms with Crippen molar-refractivity contribution in [2.75, 3.05) is 29.9 Å². The summed E-state index contributed by atoms with van der Waals surface area (Å²) in [6.07, 6.45) is 3.49. The summed E-state index contributed by atoms with van der Waals surface area (Å²) in [5.41, 5.74) is 1.11. The van der Waals surface area contributed by atoms with E-state index in [1.54, 1.807) is 30.6 Å². The molecule has 1 saturated heterocycles. The van der Waals surface area contributed by atoms with Gasteiger partial charge >= 0.3 is 0 Å². The third-order valence-corrected chi connectivity index (χ3v) is 4.04. The Bertz CT molecular complexity index is 723. The number of nitrogens with zero attached hydrogens (tertiary/aromatic N) is 3. The zero-order valence-corrected chi connectivity index (χ0v) is 15.3. The molecule has 7 heteroatoms. The number of carbonyl (C=O) groups is 1. The zero-order chi connectivity index (χ0) is 18.5. The van der Waals surface area contributed by atoms with Crippen LogP contribution in [0.5, 0.6) is 5.88 Å². The molecule has 2 aromatic rings. The van der Waals surface area contributed by atoms with Gasteiger partial charge in [-0.15, -0.1) is 0 Å². The standard InChI is InChI=1S/C19H24N4O3/c1-4-25-18-8-6-16(10-21-18)22-19(24)15-5-7-17(20-9-15)23-11-13(2)26-14(3)12-23/h5-10,13-14H,4,11-12H2,1-3H3,(H,22,24). The Morgan fingerprint density at radius 3 is 2.54 bits per heavy atom. The minimum absolute atomic E-state index is 0.163. The first kappa shape index (κ1) is 18.1. The Morgan fingerprint density at radius 2 is 1.96 bits per heavy atom. The number of hydrogen-bond donors (Lipinski definition) is 1. The van der Waals surface area contributed by atoms with Crippen LogP contribution >= 0.6 is 0 Å². The van der Waals surface area contributed by atoms with Gasteiger partial charge in [0.25, 0.3) is 5.91 Å². The van der Waals surface area contributed by atoms with Crippen molar-refractivity contribution in [1.29, 1.82) is 0 Å². The highest BCUT2D eigenvalue weighted by atomic mass is 16.5. The predicted molar refractivity (Wildman–Crippen MR) is 99.8 cm³/mol. The lowest BCUT2D eigenvalue weighted by Gasteiger charge is -2.36. The average Bonchev–Trinajstić information content (AvgIpc) is 2.63. The van der Waals surface area contributed by atoms with Crippen molar-refractivity contribution in [3.8, 4) is 5.88 Å². The van der Waals surface area contributed by atoms with Gasteiger partial charge in [0, 0.05) is 25.4 Å². The van der Waals surface area contributed by atoms with Crippen LogP contribution in [0.2, 0.25) is 0 Å². The lowest BCUT2D eigenvalue weighted by molar-refractivity contribution is -0.00546. The maximum Gasteiger partial charge on any atom is 0.257 e. The van der Waals surface area contributed by atoms with E-state index < -0.39 is 0 Å². The highest BCUT2D eigenvalue weighted by Crippen LogP contribution is 2.19. The van der Waals surface area contributed by atoms with Gasteiger partial charge in [0.05, 0.1) is 36.3 Å². The first-order valence-corrected chi connectivity index (χ1v) is 8.82. The Balaban J connectivity index is 1.63. The first-order chi connectivity index (χ1) is 12.5. The molecule has 3 heterocycles. The minimum atomic E-state index is -0.223. The Labute approximate surface area is 153 Å². The molecule has 26 heavy (non-hydrogen) atoms. The van der Waals surface area contributed by atoms with Crippen molar-refractivity contribution in [3.63, 3.8) is 0 Å². The van der Waals surface area contributed by atoms with E-state index in [0.717, 1.165) is 18.9 Å². The summed E-state index contributed by atoms with van der Waals surface area (Å²) in [6, 6.07) is 7.13. The van der Waals surface area contributed by atoms with Crippen LogP contribution in [0.3, 0.4) is 0 Å². The van der Waals surface area contributed by atoms with Crippen LogP contribution < -0.4 is 15.0 Å². The highest BCUT2D eigenvalue weighted by molar-refractivity contribution is 6.04. The first-order valence-electron chi connectivity index (χ1n) is 8.82. The largest absolute Gasteiger partial charge is 0.478 e. The highest BCUT2D eigenvalue weighted by Gasteiger charge is 2.23. The van der Waals surface area contributed by atoms with Gasteiger partial charge in [-0.25, -0.2) is 9.97 Å². The van der Waals surface area contributed by atoms with Crippen LogP contribution in [0.1, 0.15) is 31.1 Å². The monoisotopic (exact) mass is 356 g/mol. The van der Waals surface area contributed by atoms with Crippen molar-refractivity contribution in [3.05, 3.63) is 42.2 Å². The van der Waals surface area contributed by atoms with Gasteiger partial charge < -0.3 is 19.7 Å². The topological polar surface area (TPSA) is 76.6 Å². The maximum absolute atomic E-state index is 12.4. The van der Waals surface area contributed by atoms with Gasteiger partial charge in [0.2, 0.25) is 5.88 Å².